The van der Waals surface area contributed by atoms with Crippen LogP contribution < -0.4 is 4.90 Å². The van der Waals surface area contributed by atoms with Gasteiger partial charge in [0.15, 0.2) is 0 Å². The molecule has 0 atom stereocenters. The van der Waals surface area contributed by atoms with E-state index in [2.05, 4.69) is 11.6 Å². The second kappa shape index (κ2) is 5.95. The summed E-state index contributed by atoms with van der Waals surface area (Å²) in [7, 11) is 0. The fraction of sp³-hybridized carbons (Fsp3) is 0.0588. The van der Waals surface area contributed by atoms with Gasteiger partial charge in [0, 0.05) is 12.1 Å². The third-order valence-corrected chi connectivity index (χ3v) is 4.09. The number of hydrogen-bond donors (Lipinski definition) is 0. The number of halogens is 2. The molecule has 0 N–H and O–H groups in total. The largest absolute Gasteiger partial charge is 0.303 e. The number of rotatable bonds is 3. The number of hydrogen-bond acceptors (Lipinski definition) is 2. The van der Waals surface area contributed by atoms with E-state index in [-0.39, 0.29) is 5.91 Å². The first-order chi connectivity index (χ1) is 10.6. The summed E-state index contributed by atoms with van der Waals surface area (Å²) in [4.78, 5) is 18.7. The van der Waals surface area contributed by atoms with Crippen LogP contribution in [0.2, 0.25) is 10.0 Å². The molecule has 0 spiro atoms. The molecule has 3 rings (SSSR count). The number of carbonyl (C=O) groups excluding carboxylic acids is 1. The second-order valence-corrected chi connectivity index (χ2v) is 5.59. The number of benzene rings is 2. The third-order valence-electron chi connectivity index (χ3n) is 3.35. The van der Waals surface area contributed by atoms with Gasteiger partial charge in [-0.25, -0.2) is 4.99 Å². The van der Waals surface area contributed by atoms with E-state index in [1.54, 1.807) is 29.2 Å². The van der Waals surface area contributed by atoms with E-state index in [0.717, 1.165) is 11.3 Å². The van der Waals surface area contributed by atoms with Gasteiger partial charge >= 0.3 is 0 Å². The Morgan fingerprint density at radius 1 is 1.14 bits per heavy atom. The molecule has 0 saturated heterocycles. The van der Waals surface area contributed by atoms with Gasteiger partial charge in [-0.2, -0.15) is 0 Å². The normalized spacial score (nSPS) is 15.3. The standard InChI is InChI=1S/C17H12Cl2N2O/c1-2-9-21-15-6-4-3-5-12(15)16(17(21)22)20-11-7-8-13(18)14(19)10-11/h2-8,10H,1,9H2. The molecule has 2 aromatic carbocycles. The van der Waals surface area contributed by atoms with E-state index < -0.39 is 0 Å². The van der Waals surface area contributed by atoms with Gasteiger partial charge in [-0.1, -0.05) is 47.5 Å². The predicted octanol–water partition coefficient (Wildman–Crippen LogP) is 4.65. The summed E-state index contributed by atoms with van der Waals surface area (Å²) in [6.07, 6.45) is 1.69. The molecule has 1 aliphatic rings. The molecule has 0 aromatic heterocycles. The lowest BCUT2D eigenvalue weighted by molar-refractivity contribution is -0.112. The first kappa shape index (κ1) is 14.8. The van der Waals surface area contributed by atoms with Gasteiger partial charge in [-0.15, -0.1) is 6.58 Å². The van der Waals surface area contributed by atoms with Crippen molar-refractivity contribution in [1.82, 2.24) is 0 Å². The Hall–Kier alpha value is -2.10. The van der Waals surface area contributed by atoms with Crippen molar-refractivity contribution in [2.75, 3.05) is 11.4 Å². The van der Waals surface area contributed by atoms with Crippen LogP contribution in [-0.4, -0.2) is 18.2 Å². The molecule has 0 bridgehead atoms. The Balaban J connectivity index is 2.10. The minimum Gasteiger partial charge on any atom is -0.303 e. The molecular weight excluding hydrogens is 319 g/mol. The molecule has 0 radical (unpaired) electrons. The molecule has 22 heavy (non-hydrogen) atoms. The first-order valence-corrected chi connectivity index (χ1v) is 7.43. The molecule has 1 amide bonds. The molecule has 5 heteroatoms. The second-order valence-electron chi connectivity index (χ2n) is 4.78. The lowest BCUT2D eigenvalue weighted by Crippen LogP contribution is -2.30. The van der Waals surface area contributed by atoms with Crippen molar-refractivity contribution in [2.24, 2.45) is 4.99 Å². The number of anilines is 1. The van der Waals surface area contributed by atoms with E-state index in [9.17, 15) is 4.79 Å². The summed E-state index contributed by atoms with van der Waals surface area (Å²) in [5.74, 6) is -0.146. The van der Waals surface area contributed by atoms with Gasteiger partial charge in [0.05, 0.1) is 21.4 Å². The third kappa shape index (κ3) is 2.54. The van der Waals surface area contributed by atoms with Crippen LogP contribution in [0.25, 0.3) is 0 Å². The zero-order valence-corrected chi connectivity index (χ0v) is 13.1. The van der Waals surface area contributed by atoms with Crippen molar-refractivity contribution in [3.05, 3.63) is 70.7 Å². The quantitative estimate of drug-likeness (QED) is 0.754. The number of aliphatic imine (C=N–C) groups is 1. The molecule has 1 heterocycles. The SMILES string of the molecule is C=CCN1C(=O)C(=Nc2ccc(Cl)c(Cl)c2)c2ccccc21. The number of amides is 1. The van der Waals surface area contributed by atoms with Crippen molar-refractivity contribution in [3.8, 4) is 0 Å². The van der Waals surface area contributed by atoms with Gasteiger partial charge in [0.2, 0.25) is 0 Å². The van der Waals surface area contributed by atoms with Crippen LogP contribution in [0.4, 0.5) is 11.4 Å². The fourth-order valence-corrected chi connectivity index (χ4v) is 2.66. The summed E-state index contributed by atoms with van der Waals surface area (Å²) in [5, 5.41) is 0.863. The molecular formula is C17H12Cl2N2O. The van der Waals surface area contributed by atoms with Crippen LogP contribution in [-0.2, 0) is 4.79 Å². The Bertz CT molecular complexity index is 799. The number of carbonyl (C=O) groups is 1. The van der Waals surface area contributed by atoms with Gasteiger partial charge in [0.25, 0.3) is 5.91 Å². The van der Waals surface area contributed by atoms with Gasteiger partial charge in [-0.05, 0) is 24.3 Å². The van der Waals surface area contributed by atoms with Crippen LogP contribution in [0.3, 0.4) is 0 Å². The smallest absolute Gasteiger partial charge is 0.277 e. The number of para-hydroxylation sites is 1. The molecule has 1 aliphatic heterocycles. The molecule has 0 saturated carbocycles. The molecule has 2 aromatic rings. The monoisotopic (exact) mass is 330 g/mol. The Kier molecular flexibility index (Phi) is 4.01. The van der Waals surface area contributed by atoms with E-state index in [0.29, 0.717) is 28.0 Å². The maximum atomic E-state index is 12.6. The van der Waals surface area contributed by atoms with Crippen molar-refractivity contribution in [1.29, 1.82) is 0 Å². The molecule has 3 nitrogen and oxygen atoms in total. The van der Waals surface area contributed by atoms with Crippen LogP contribution in [0.15, 0.2) is 60.1 Å². The van der Waals surface area contributed by atoms with Crippen LogP contribution in [0.1, 0.15) is 5.56 Å². The average Bonchev–Trinajstić information content (AvgIpc) is 2.77. The lowest BCUT2D eigenvalue weighted by atomic mass is 10.1. The fourth-order valence-electron chi connectivity index (χ4n) is 2.36. The molecule has 110 valence electrons. The summed E-state index contributed by atoms with van der Waals surface area (Å²) in [6, 6.07) is 12.6. The number of nitrogens with zero attached hydrogens (tertiary/aromatic N) is 2. The van der Waals surface area contributed by atoms with Crippen LogP contribution >= 0.6 is 23.2 Å². The first-order valence-electron chi connectivity index (χ1n) is 6.67. The van der Waals surface area contributed by atoms with Gasteiger partial charge in [-0.3, -0.25) is 4.79 Å². The number of fused-ring (bicyclic) bond motifs is 1. The maximum Gasteiger partial charge on any atom is 0.277 e. The van der Waals surface area contributed by atoms with E-state index >= 15 is 0 Å². The minimum atomic E-state index is -0.146. The maximum absolute atomic E-state index is 12.6. The Labute approximate surface area is 138 Å². The summed E-state index contributed by atoms with van der Waals surface area (Å²) >= 11 is 11.9. The summed E-state index contributed by atoms with van der Waals surface area (Å²) in [5.41, 5.74) is 2.63. The molecule has 0 unspecified atom stereocenters. The highest BCUT2D eigenvalue weighted by Crippen LogP contribution is 2.32. The molecule has 0 aliphatic carbocycles. The highest BCUT2D eigenvalue weighted by molar-refractivity contribution is 6.54. The Morgan fingerprint density at radius 2 is 1.91 bits per heavy atom. The summed E-state index contributed by atoms with van der Waals surface area (Å²) < 4.78 is 0. The molecule has 0 fully saturated rings. The van der Waals surface area contributed by atoms with E-state index in [1.807, 2.05) is 24.3 Å². The van der Waals surface area contributed by atoms with Gasteiger partial charge < -0.3 is 4.90 Å². The van der Waals surface area contributed by atoms with Crippen LogP contribution in [0.5, 0.6) is 0 Å². The van der Waals surface area contributed by atoms with Crippen molar-refractivity contribution in [3.63, 3.8) is 0 Å². The highest BCUT2D eigenvalue weighted by atomic mass is 35.5. The average molecular weight is 331 g/mol. The lowest BCUT2D eigenvalue weighted by Gasteiger charge is -2.13. The van der Waals surface area contributed by atoms with Crippen LogP contribution in [0, 0.1) is 0 Å². The zero-order valence-electron chi connectivity index (χ0n) is 11.6. The summed E-state index contributed by atoms with van der Waals surface area (Å²) in [6.45, 7) is 4.14. The van der Waals surface area contributed by atoms with Gasteiger partial charge in [0.1, 0.15) is 5.71 Å². The highest BCUT2D eigenvalue weighted by Gasteiger charge is 2.32. The van der Waals surface area contributed by atoms with E-state index in [1.165, 1.54) is 0 Å². The zero-order chi connectivity index (χ0) is 15.7. The van der Waals surface area contributed by atoms with Crippen molar-refractivity contribution < 1.29 is 4.79 Å². The van der Waals surface area contributed by atoms with E-state index in [4.69, 9.17) is 23.2 Å². The topological polar surface area (TPSA) is 32.7 Å². The van der Waals surface area contributed by atoms with Crippen molar-refractivity contribution >= 4 is 46.2 Å². The van der Waals surface area contributed by atoms with Crippen molar-refractivity contribution in [2.45, 2.75) is 0 Å². The predicted molar refractivity (Wildman–Crippen MR) is 91.7 cm³/mol. The Morgan fingerprint density at radius 3 is 2.64 bits per heavy atom. The minimum absolute atomic E-state index is 0.146.